The highest BCUT2D eigenvalue weighted by molar-refractivity contribution is 7.99. The number of rotatable bonds is 5. The first-order chi connectivity index (χ1) is 7.09. The summed E-state index contributed by atoms with van der Waals surface area (Å²) in [5.74, 6) is 4.93. The van der Waals surface area contributed by atoms with Crippen LogP contribution in [0.1, 0.15) is 46.5 Å². The van der Waals surface area contributed by atoms with Gasteiger partial charge in [-0.2, -0.15) is 11.8 Å². The number of nitrogens with two attached hydrogens (primary N) is 1. The van der Waals surface area contributed by atoms with E-state index < -0.39 is 0 Å². The average Bonchev–Trinajstić information content (AvgIpc) is 2.17. The van der Waals surface area contributed by atoms with E-state index in [4.69, 9.17) is 5.73 Å². The molecule has 15 heavy (non-hydrogen) atoms. The van der Waals surface area contributed by atoms with Gasteiger partial charge in [0.05, 0.1) is 0 Å². The molecule has 90 valence electrons. The predicted octanol–water partition coefficient (Wildman–Crippen LogP) is 3.53. The Morgan fingerprint density at radius 2 is 2.00 bits per heavy atom. The zero-order valence-corrected chi connectivity index (χ0v) is 11.4. The third-order valence-electron chi connectivity index (χ3n) is 3.34. The lowest BCUT2D eigenvalue weighted by Crippen LogP contribution is -2.35. The Morgan fingerprint density at radius 3 is 2.60 bits per heavy atom. The molecule has 1 saturated carbocycles. The van der Waals surface area contributed by atoms with Crippen LogP contribution in [0.15, 0.2) is 0 Å². The molecule has 0 radical (unpaired) electrons. The summed E-state index contributed by atoms with van der Waals surface area (Å²) < 4.78 is 0. The van der Waals surface area contributed by atoms with E-state index in [2.05, 4.69) is 20.8 Å². The van der Waals surface area contributed by atoms with Gasteiger partial charge in [0, 0.05) is 11.8 Å². The average molecular weight is 229 g/mol. The van der Waals surface area contributed by atoms with Crippen molar-refractivity contribution in [3.05, 3.63) is 0 Å². The molecule has 0 heterocycles. The second kappa shape index (κ2) is 6.80. The second-order valence-corrected chi connectivity index (χ2v) is 6.70. The number of thioether (sulfide) groups is 1. The molecule has 0 saturated heterocycles. The van der Waals surface area contributed by atoms with Crippen LogP contribution in [-0.4, -0.2) is 17.5 Å². The van der Waals surface area contributed by atoms with Gasteiger partial charge in [0.15, 0.2) is 0 Å². The van der Waals surface area contributed by atoms with Gasteiger partial charge in [-0.15, -0.1) is 0 Å². The van der Waals surface area contributed by atoms with Crippen molar-refractivity contribution in [1.29, 1.82) is 0 Å². The van der Waals surface area contributed by atoms with Gasteiger partial charge in [-0.1, -0.05) is 33.6 Å². The molecule has 1 fully saturated rings. The van der Waals surface area contributed by atoms with Crippen molar-refractivity contribution in [1.82, 2.24) is 0 Å². The SMILES string of the molecule is CC(C)CSCC(N)C1CCCC(C)C1. The third kappa shape index (κ3) is 5.26. The highest BCUT2D eigenvalue weighted by Gasteiger charge is 2.23. The predicted molar refractivity (Wildman–Crippen MR) is 71.3 cm³/mol. The standard InChI is InChI=1S/C13H27NS/c1-10(2)8-15-9-13(14)12-6-4-5-11(3)7-12/h10-13H,4-9,14H2,1-3H3. The Hall–Kier alpha value is 0.310. The van der Waals surface area contributed by atoms with Gasteiger partial charge in [-0.05, 0) is 36.3 Å². The summed E-state index contributed by atoms with van der Waals surface area (Å²) in [5.41, 5.74) is 6.28. The zero-order chi connectivity index (χ0) is 11.3. The number of hydrogen-bond acceptors (Lipinski definition) is 2. The summed E-state index contributed by atoms with van der Waals surface area (Å²) in [6.45, 7) is 6.93. The summed E-state index contributed by atoms with van der Waals surface area (Å²) in [5, 5.41) is 0. The number of hydrogen-bond donors (Lipinski definition) is 1. The fourth-order valence-electron chi connectivity index (χ4n) is 2.45. The van der Waals surface area contributed by atoms with Crippen molar-refractivity contribution in [2.24, 2.45) is 23.5 Å². The van der Waals surface area contributed by atoms with Gasteiger partial charge in [0.2, 0.25) is 0 Å². The smallest absolute Gasteiger partial charge is 0.0159 e. The summed E-state index contributed by atoms with van der Waals surface area (Å²) in [6, 6.07) is 0.441. The Labute approximate surface area is 99.6 Å². The van der Waals surface area contributed by atoms with Crippen LogP contribution in [0.25, 0.3) is 0 Å². The largest absolute Gasteiger partial charge is 0.327 e. The van der Waals surface area contributed by atoms with Crippen LogP contribution >= 0.6 is 11.8 Å². The lowest BCUT2D eigenvalue weighted by atomic mass is 9.79. The van der Waals surface area contributed by atoms with Gasteiger partial charge >= 0.3 is 0 Å². The van der Waals surface area contributed by atoms with E-state index in [1.165, 1.54) is 31.4 Å². The quantitative estimate of drug-likeness (QED) is 0.780. The monoisotopic (exact) mass is 229 g/mol. The maximum Gasteiger partial charge on any atom is 0.0159 e. The normalized spacial score (nSPS) is 29.4. The molecule has 0 spiro atoms. The van der Waals surface area contributed by atoms with E-state index in [1.54, 1.807) is 0 Å². The first-order valence-electron chi connectivity index (χ1n) is 6.43. The van der Waals surface area contributed by atoms with Crippen LogP contribution in [-0.2, 0) is 0 Å². The lowest BCUT2D eigenvalue weighted by molar-refractivity contribution is 0.256. The summed E-state index contributed by atoms with van der Waals surface area (Å²) >= 11 is 2.04. The van der Waals surface area contributed by atoms with Crippen molar-refractivity contribution in [3.8, 4) is 0 Å². The van der Waals surface area contributed by atoms with E-state index in [0.717, 1.165) is 23.5 Å². The molecule has 0 amide bonds. The third-order valence-corrected chi connectivity index (χ3v) is 4.87. The Kier molecular flexibility index (Phi) is 6.06. The molecule has 1 nitrogen and oxygen atoms in total. The molecule has 2 N–H and O–H groups in total. The highest BCUT2D eigenvalue weighted by atomic mass is 32.2. The van der Waals surface area contributed by atoms with Crippen molar-refractivity contribution in [3.63, 3.8) is 0 Å². The van der Waals surface area contributed by atoms with Gasteiger partial charge < -0.3 is 5.73 Å². The molecule has 2 heteroatoms. The molecule has 1 aliphatic rings. The molecule has 0 aromatic carbocycles. The molecule has 1 aliphatic carbocycles. The Balaban J connectivity index is 2.17. The van der Waals surface area contributed by atoms with Crippen LogP contribution in [0, 0.1) is 17.8 Å². The summed E-state index contributed by atoms with van der Waals surface area (Å²) in [4.78, 5) is 0. The molecule has 0 aliphatic heterocycles. The van der Waals surface area contributed by atoms with Crippen molar-refractivity contribution >= 4 is 11.8 Å². The minimum atomic E-state index is 0.441. The van der Waals surface area contributed by atoms with Gasteiger partial charge in [-0.3, -0.25) is 0 Å². The molecule has 3 unspecified atom stereocenters. The lowest BCUT2D eigenvalue weighted by Gasteiger charge is -2.31. The fourth-order valence-corrected chi connectivity index (χ4v) is 3.60. The van der Waals surface area contributed by atoms with Crippen LogP contribution in [0.2, 0.25) is 0 Å². The van der Waals surface area contributed by atoms with Crippen molar-refractivity contribution < 1.29 is 0 Å². The molecular weight excluding hydrogens is 202 g/mol. The minimum absolute atomic E-state index is 0.441. The minimum Gasteiger partial charge on any atom is -0.327 e. The Bertz CT molecular complexity index is 170. The van der Waals surface area contributed by atoms with Gasteiger partial charge in [0.1, 0.15) is 0 Å². The van der Waals surface area contributed by atoms with Crippen molar-refractivity contribution in [2.45, 2.75) is 52.5 Å². The van der Waals surface area contributed by atoms with Gasteiger partial charge in [-0.25, -0.2) is 0 Å². The maximum atomic E-state index is 6.28. The zero-order valence-electron chi connectivity index (χ0n) is 10.5. The fraction of sp³-hybridized carbons (Fsp3) is 1.00. The van der Waals surface area contributed by atoms with Crippen LogP contribution in [0.5, 0.6) is 0 Å². The molecule has 0 aromatic rings. The second-order valence-electron chi connectivity index (χ2n) is 5.63. The van der Waals surface area contributed by atoms with E-state index >= 15 is 0 Å². The Morgan fingerprint density at radius 1 is 1.27 bits per heavy atom. The summed E-state index contributed by atoms with van der Waals surface area (Å²) in [7, 11) is 0. The molecule has 0 bridgehead atoms. The van der Waals surface area contributed by atoms with Crippen LogP contribution in [0.3, 0.4) is 0 Å². The summed E-state index contributed by atoms with van der Waals surface area (Å²) in [6.07, 6.45) is 5.55. The molecule has 0 aromatic heterocycles. The first kappa shape index (κ1) is 13.4. The van der Waals surface area contributed by atoms with Crippen LogP contribution in [0.4, 0.5) is 0 Å². The first-order valence-corrected chi connectivity index (χ1v) is 7.58. The molecule has 1 rings (SSSR count). The van der Waals surface area contributed by atoms with E-state index in [-0.39, 0.29) is 0 Å². The topological polar surface area (TPSA) is 26.0 Å². The van der Waals surface area contributed by atoms with Crippen LogP contribution < -0.4 is 5.73 Å². The van der Waals surface area contributed by atoms with E-state index in [1.807, 2.05) is 11.8 Å². The van der Waals surface area contributed by atoms with Gasteiger partial charge in [0.25, 0.3) is 0 Å². The van der Waals surface area contributed by atoms with Crippen molar-refractivity contribution in [2.75, 3.05) is 11.5 Å². The van der Waals surface area contributed by atoms with E-state index in [0.29, 0.717) is 6.04 Å². The highest BCUT2D eigenvalue weighted by Crippen LogP contribution is 2.31. The maximum absolute atomic E-state index is 6.28. The molecular formula is C13H27NS. The molecule has 3 atom stereocenters. The van der Waals surface area contributed by atoms with E-state index in [9.17, 15) is 0 Å².